The van der Waals surface area contributed by atoms with Gasteiger partial charge < -0.3 is 5.32 Å². The van der Waals surface area contributed by atoms with Crippen molar-refractivity contribution in [3.05, 3.63) is 71.8 Å². The van der Waals surface area contributed by atoms with Gasteiger partial charge in [0.2, 0.25) is 11.1 Å². The lowest BCUT2D eigenvalue weighted by atomic mass is 10.2. The van der Waals surface area contributed by atoms with Gasteiger partial charge in [0.1, 0.15) is 11.6 Å². The largest absolute Gasteiger partial charge is 0.325 e. The van der Waals surface area contributed by atoms with Gasteiger partial charge >= 0.3 is 6.03 Å². The van der Waals surface area contributed by atoms with Crippen molar-refractivity contribution in [1.29, 1.82) is 0 Å². The predicted molar refractivity (Wildman–Crippen MR) is 106 cm³/mol. The van der Waals surface area contributed by atoms with Crippen molar-refractivity contribution in [3.63, 3.8) is 0 Å². The summed E-state index contributed by atoms with van der Waals surface area (Å²) in [5, 5.41) is 11.9. The molecule has 1 heterocycles. The van der Waals surface area contributed by atoms with E-state index in [-0.39, 0.29) is 11.6 Å². The van der Waals surface area contributed by atoms with Gasteiger partial charge in [-0.2, -0.15) is 0 Å². The SMILES string of the molecule is O=C(CSc1n[nH]c(/C=C/c2ccc(F)cc2)n1)NC(=O)Nc1ccccc1. The van der Waals surface area contributed by atoms with Gasteiger partial charge in [-0.25, -0.2) is 14.2 Å². The Morgan fingerprint density at radius 1 is 1.07 bits per heavy atom. The third-order valence-corrected chi connectivity index (χ3v) is 4.25. The molecule has 142 valence electrons. The average Bonchev–Trinajstić information content (AvgIpc) is 3.14. The minimum atomic E-state index is -0.602. The summed E-state index contributed by atoms with van der Waals surface area (Å²) in [6, 6.07) is 14.2. The van der Waals surface area contributed by atoms with Crippen LogP contribution in [0.2, 0.25) is 0 Å². The molecular weight excluding hydrogens is 381 g/mol. The first-order chi connectivity index (χ1) is 13.6. The maximum absolute atomic E-state index is 12.9. The van der Waals surface area contributed by atoms with Crippen LogP contribution in [-0.4, -0.2) is 32.9 Å². The number of carbonyl (C=O) groups excluding carboxylic acids is 2. The Morgan fingerprint density at radius 2 is 1.82 bits per heavy atom. The maximum atomic E-state index is 12.9. The van der Waals surface area contributed by atoms with Crippen molar-refractivity contribution in [1.82, 2.24) is 20.5 Å². The van der Waals surface area contributed by atoms with E-state index < -0.39 is 11.9 Å². The second-order valence-corrected chi connectivity index (χ2v) is 6.49. The highest BCUT2D eigenvalue weighted by Gasteiger charge is 2.10. The normalized spacial score (nSPS) is 10.8. The van der Waals surface area contributed by atoms with Crippen molar-refractivity contribution < 1.29 is 14.0 Å². The molecule has 0 unspecified atom stereocenters. The molecule has 0 saturated heterocycles. The molecule has 2 aromatic carbocycles. The van der Waals surface area contributed by atoms with Crippen LogP contribution in [0.5, 0.6) is 0 Å². The fraction of sp³-hybridized carbons (Fsp3) is 0.0526. The summed E-state index contributed by atoms with van der Waals surface area (Å²) in [4.78, 5) is 27.8. The number of rotatable bonds is 6. The minimum absolute atomic E-state index is 0.0127. The summed E-state index contributed by atoms with van der Waals surface area (Å²) in [6.07, 6.45) is 3.45. The van der Waals surface area contributed by atoms with Gasteiger partial charge in [-0.15, -0.1) is 5.10 Å². The second-order valence-electron chi connectivity index (χ2n) is 5.55. The van der Waals surface area contributed by atoms with Gasteiger partial charge in [0.05, 0.1) is 5.75 Å². The molecule has 3 aromatic rings. The molecule has 0 atom stereocenters. The molecule has 7 nitrogen and oxygen atoms in total. The predicted octanol–water partition coefficient (Wildman–Crippen LogP) is 3.55. The van der Waals surface area contributed by atoms with Crippen LogP contribution < -0.4 is 10.6 Å². The van der Waals surface area contributed by atoms with Crippen molar-refractivity contribution in [3.8, 4) is 0 Å². The van der Waals surface area contributed by atoms with Crippen LogP contribution in [0.3, 0.4) is 0 Å². The molecule has 0 aliphatic heterocycles. The van der Waals surface area contributed by atoms with E-state index in [0.717, 1.165) is 17.3 Å². The number of aromatic amines is 1. The quantitative estimate of drug-likeness (QED) is 0.553. The smallest absolute Gasteiger partial charge is 0.308 e. The molecule has 3 N–H and O–H groups in total. The van der Waals surface area contributed by atoms with Gasteiger partial charge in [-0.3, -0.25) is 15.2 Å². The number of urea groups is 1. The first-order valence-corrected chi connectivity index (χ1v) is 9.22. The number of hydrogen-bond donors (Lipinski definition) is 3. The number of para-hydroxylation sites is 1. The minimum Gasteiger partial charge on any atom is -0.308 e. The van der Waals surface area contributed by atoms with Crippen LogP contribution in [0.15, 0.2) is 59.8 Å². The number of anilines is 1. The van der Waals surface area contributed by atoms with E-state index >= 15 is 0 Å². The van der Waals surface area contributed by atoms with E-state index in [9.17, 15) is 14.0 Å². The Kier molecular flexibility index (Phi) is 6.53. The number of halogens is 1. The summed E-state index contributed by atoms with van der Waals surface area (Å²) in [7, 11) is 0. The zero-order valence-electron chi connectivity index (χ0n) is 14.6. The molecule has 0 saturated carbocycles. The number of nitrogens with zero attached hydrogens (tertiary/aromatic N) is 2. The summed E-state index contributed by atoms with van der Waals surface area (Å²) in [5.74, 6) is -0.284. The van der Waals surface area contributed by atoms with Crippen molar-refractivity contribution >= 4 is 41.5 Å². The van der Waals surface area contributed by atoms with E-state index in [4.69, 9.17) is 0 Å². The fourth-order valence-corrected chi connectivity index (χ4v) is 2.73. The van der Waals surface area contributed by atoms with Gasteiger partial charge in [-0.05, 0) is 35.9 Å². The fourth-order valence-electron chi connectivity index (χ4n) is 2.12. The Hall–Kier alpha value is -3.46. The maximum Gasteiger partial charge on any atom is 0.325 e. The van der Waals surface area contributed by atoms with Crippen LogP contribution in [-0.2, 0) is 4.79 Å². The highest BCUT2D eigenvalue weighted by Crippen LogP contribution is 2.13. The van der Waals surface area contributed by atoms with Gasteiger partial charge in [0.15, 0.2) is 0 Å². The standard InChI is InChI=1S/C19H16FN5O2S/c20-14-9-6-13(7-10-14)8-11-16-22-19(25-24-16)28-12-17(26)23-18(27)21-15-4-2-1-3-5-15/h1-11H,12H2,(H,22,24,25)(H2,21,23,26,27)/b11-8+. The zero-order chi connectivity index (χ0) is 19.8. The van der Waals surface area contributed by atoms with E-state index in [1.165, 1.54) is 12.1 Å². The van der Waals surface area contributed by atoms with E-state index in [0.29, 0.717) is 16.7 Å². The Labute approximate surface area is 164 Å². The number of amides is 3. The molecule has 0 radical (unpaired) electrons. The van der Waals surface area contributed by atoms with Gasteiger partial charge in [-0.1, -0.05) is 48.2 Å². The molecule has 0 aliphatic rings. The molecule has 0 aliphatic carbocycles. The monoisotopic (exact) mass is 397 g/mol. The molecule has 9 heteroatoms. The Bertz CT molecular complexity index is 974. The van der Waals surface area contributed by atoms with Gasteiger partial charge in [0.25, 0.3) is 0 Å². The van der Waals surface area contributed by atoms with E-state index in [1.807, 2.05) is 6.07 Å². The lowest BCUT2D eigenvalue weighted by Crippen LogP contribution is -2.35. The van der Waals surface area contributed by atoms with E-state index in [2.05, 4.69) is 25.8 Å². The lowest BCUT2D eigenvalue weighted by Gasteiger charge is -2.05. The van der Waals surface area contributed by atoms with Crippen LogP contribution in [0, 0.1) is 5.82 Å². The third-order valence-electron chi connectivity index (χ3n) is 3.40. The molecular formula is C19H16FN5O2S. The van der Waals surface area contributed by atoms with Crippen molar-refractivity contribution in [2.24, 2.45) is 0 Å². The summed E-state index contributed by atoms with van der Waals surface area (Å²) >= 11 is 1.09. The number of hydrogen-bond acceptors (Lipinski definition) is 5. The highest BCUT2D eigenvalue weighted by molar-refractivity contribution is 7.99. The van der Waals surface area contributed by atoms with Gasteiger partial charge in [0, 0.05) is 5.69 Å². The molecule has 1 aromatic heterocycles. The zero-order valence-corrected chi connectivity index (χ0v) is 15.4. The molecule has 0 fully saturated rings. The molecule has 3 amide bonds. The van der Waals surface area contributed by atoms with Crippen LogP contribution in [0.1, 0.15) is 11.4 Å². The van der Waals surface area contributed by atoms with Crippen LogP contribution in [0.25, 0.3) is 12.2 Å². The number of H-pyrrole nitrogens is 1. The topological polar surface area (TPSA) is 99.8 Å². The number of carbonyl (C=O) groups is 2. The molecule has 28 heavy (non-hydrogen) atoms. The summed E-state index contributed by atoms with van der Waals surface area (Å²) in [6.45, 7) is 0. The lowest BCUT2D eigenvalue weighted by molar-refractivity contribution is -0.117. The van der Waals surface area contributed by atoms with Crippen molar-refractivity contribution in [2.75, 3.05) is 11.1 Å². The Morgan fingerprint density at radius 3 is 2.57 bits per heavy atom. The first-order valence-electron chi connectivity index (χ1n) is 8.23. The highest BCUT2D eigenvalue weighted by atomic mass is 32.2. The van der Waals surface area contributed by atoms with Crippen LogP contribution >= 0.6 is 11.8 Å². The number of aromatic nitrogens is 3. The summed E-state index contributed by atoms with van der Waals surface area (Å²) in [5.41, 5.74) is 1.41. The van der Waals surface area contributed by atoms with Crippen LogP contribution in [0.4, 0.5) is 14.9 Å². The summed E-state index contributed by atoms with van der Waals surface area (Å²) < 4.78 is 12.9. The molecule has 0 bridgehead atoms. The Balaban J connectivity index is 1.45. The number of thioether (sulfide) groups is 1. The molecule has 0 spiro atoms. The average molecular weight is 397 g/mol. The number of imide groups is 1. The van der Waals surface area contributed by atoms with E-state index in [1.54, 1.807) is 48.6 Å². The number of nitrogens with one attached hydrogen (secondary N) is 3. The third kappa shape index (κ3) is 6.06. The van der Waals surface area contributed by atoms with Crippen molar-refractivity contribution in [2.45, 2.75) is 5.16 Å². The second kappa shape index (κ2) is 9.47. The molecule has 3 rings (SSSR count). The first kappa shape index (κ1) is 19.3. The number of benzene rings is 2.